The summed E-state index contributed by atoms with van der Waals surface area (Å²) in [4.78, 5) is 9.17. The second-order valence-electron chi connectivity index (χ2n) is 7.27. The van der Waals surface area contributed by atoms with Crippen molar-refractivity contribution in [2.75, 3.05) is 0 Å². The fourth-order valence-corrected chi connectivity index (χ4v) is 4.40. The first-order valence-corrected chi connectivity index (χ1v) is 8.75. The van der Waals surface area contributed by atoms with Gasteiger partial charge >= 0.3 is 0 Å². The van der Waals surface area contributed by atoms with Crippen molar-refractivity contribution in [3.05, 3.63) is 53.4 Å². The molecule has 6 rings (SSSR count). The lowest BCUT2D eigenvalue weighted by atomic mass is 9.85. The minimum atomic E-state index is 0.374. The molecule has 3 aliphatic carbocycles. The molecule has 2 fully saturated rings. The van der Waals surface area contributed by atoms with Crippen LogP contribution >= 0.6 is 0 Å². The first-order chi connectivity index (χ1) is 11.9. The van der Waals surface area contributed by atoms with Crippen molar-refractivity contribution in [3.63, 3.8) is 0 Å². The Balaban J connectivity index is 1.26. The van der Waals surface area contributed by atoms with E-state index >= 15 is 0 Å². The molecule has 5 heteroatoms. The Hall–Kier alpha value is -2.43. The number of aromatic nitrogens is 3. The topological polar surface area (TPSA) is 65.0 Å². The normalized spacial score (nSPS) is 27.6. The van der Waals surface area contributed by atoms with Crippen LogP contribution in [0.25, 0.3) is 11.5 Å². The molecule has 5 nitrogen and oxygen atoms in total. The van der Waals surface area contributed by atoms with E-state index in [1.807, 2.05) is 0 Å². The molecule has 0 amide bonds. The van der Waals surface area contributed by atoms with Crippen molar-refractivity contribution in [1.29, 1.82) is 0 Å². The second kappa shape index (κ2) is 4.56. The van der Waals surface area contributed by atoms with E-state index in [4.69, 9.17) is 8.94 Å². The Morgan fingerprint density at radius 2 is 1.92 bits per heavy atom. The van der Waals surface area contributed by atoms with Crippen LogP contribution in [0, 0.1) is 5.92 Å². The molecule has 0 radical (unpaired) electrons. The summed E-state index contributed by atoms with van der Waals surface area (Å²) in [6.45, 7) is 0. The highest BCUT2D eigenvalue weighted by Gasteiger charge is 2.58. The zero-order valence-corrected chi connectivity index (χ0v) is 13.2. The lowest BCUT2D eigenvalue weighted by Gasteiger charge is -2.21. The minimum absolute atomic E-state index is 0.374. The summed E-state index contributed by atoms with van der Waals surface area (Å²) in [6.07, 6.45) is 6.38. The highest BCUT2D eigenvalue weighted by atomic mass is 16.5. The van der Waals surface area contributed by atoms with Crippen molar-refractivity contribution >= 4 is 0 Å². The molecule has 0 aliphatic heterocycles. The van der Waals surface area contributed by atoms with E-state index in [-0.39, 0.29) is 0 Å². The third kappa shape index (κ3) is 1.72. The van der Waals surface area contributed by atoms with Gasteiger partial charge in [-0.2, -0.15) is 4.98 Å². The average Bonchev–Trinajstić information content (AvgIpc) is 2.99. The van der Waals surface area contributed by atoms with E-state index in [1.54, 1.807) is 6.26 Å². The summed E-state index contributed by atoms with van der Waals surface area (Å²) >= 11 is 0. The zero-order chi connectivity index (χ0) is 15.7. The van der Waals surface area contributed by atoms with E-state index in [9.17, 15) is 0 Å². The van der Waals surface area contributed by atoms with Gasteiger partial charge < -0.3 is 8.94 Å². The molecule has 2 saturated carbocycles. The lowest BCUT2D eigenvalue weighted by molar-refractivity contribution is 0.335. The third-order valence-electron chi connectivity index (χ3n) is 5.97. The van der Waals surface area contributed by atoms with Crippen molar-refractivity contribution in [2.45, 2.75) is 43.4 Å². The quantitative estimate of drug-likeness (QED) is 0.729. The van der Waals surface area contributed by atoms with Gasteiger partial charge in [-0.25, -0.2) is 4.98 Å². The molecule has 24 heavy (non-hydrogen) atoms. The van der Waals surface area contributed by atoms with Crippen LogP contribution < -0.4 is 0 Å². The first kappa shape index (κ1) is 12.9. The maximum absolute atomic E-state index is 5.60. The van der Waals surface area contributed by atoms with Gasteiger partial charge in [0, 0.05) is 11.8 Å². The second-order valence-corrected chi connectivity index (χ2v) is 7.27. The van der Waals surface area contributed by atoms with E-state index in [0.717, 1.165) is 18.2 Å². The molecular weight excluding hydrogens is 302 g/mol. The molecule has 2 heterocycles. The number of hydrogen-bond acceptors (Lipinski definition) is 5. The van der Waals surface area contributed by atoms with Crippen LogP contribution in [0.4, 0.5) is 0 Å². The van der Waals surface area contributed by atoms with Gasteiger partial charge in [0.2, 0.25) is 11.7 Å². The summed E-state index contributed by atoms with van der Waals surface area (Å²) in [5.41, 5.74) is 3.63. The minimum Gasteiger partial charge on any atom is -0.448 e. The number of fused-ring (bicyclic) bond motifs is 3. The number of hydrogen-bond donors (Lipinski definition) is 0. The van der Waals surface area contributed by atoms with Gasteiger partial charge in [0.15, 0.2) is 5.89 Å². The van der Waals surface area contributed by atoms with E-state index in [1.165, 1.54) is 30.4 Å². The number of benzene rings is 1. The summed E-state index contributed by atoms with van der Waals surface area (Å²) in [6, 6.07) is 8.70. The largest absolute Gasteiger partial charge is 0.448 e. The molecule has 3 aliphatic rings. The van der Waals surface area contributed by atoms with Gasteiger partial charge in [0.1, 0.15) is 12.0 Å². The maximum Gasteiger partial charge on any atom is 0.231 e. The fourth-order valence-electron chi connectivity index (χ4n) is 4.40. The molecule has 1 aromatic carbocycles. The van der Waals surface area contributed by atoms with Gasteiger partial charge in [-0.1, -0.05) is 35.8 Å². The predicted octanol–water partition coefficient (Wildman–Crippen LogP) is 4.05. The number of nitrogens with zero attached hydrogens (tertiary/aromatic N) is 3. The van der Waals surface area contributed by atoms with Crippen LogP contribution in [0.5, 0.6) is 0 Å². The monoisotopic (exact) mass is 319 g/mol. The fraction of sp³-hybridized carbons (Fsp3) is 0.421. The van der Waals surface area contributed by atoms with Gasteiger partial charge in [-0.15, -0.1) is 0 Å². The predicted molar refractivity (Wildman–Crippen MR) is 85.5 cm³/mol. The Bertz CT molecular complexity index is 924. The molecule has 0 bridgehead atoms. The molecule has 0 saturated heterocycles. The molecule has 3 aromatic rings. The van der Waals surface area contributed by atoms with Crippen LogP contribution in [0.2, 0.25) is 0 Å². The van der Waals surface area contributed by atoms with E-state index in [2.05, 4.69) is 39.4 Å². The highest BCUT2D eigenvalue weighted by Crippen LogP contribution is 2.66. The molecule has 3 unspecified atom stereocenters. The standard InChI is InChI=1S/C19H17N3O2/c1-2-7-12-11(4-1)8-13-15(12)16(13)19-21-17(22-24-19)14-9-23-18(20-14)10-5-3-6-10/h1-2,4,7,9-10,13,15-16H,3,5-6,8H2. The zero-order valence-electron chi connectivity index (χ0n) is 13.2. The molecule has 0 N–H and O–H groups in total. The molecule has 120 valence electrons. The van der Waals surface area contributed by atoms with Crippen LogP contribution in [-0.2, 0) is 6.42 Å². The number of rotatable bonds is 3. The van der Waals surface area contributed by atoms with Crippen LogP contribution in [0.3, 0.4) is 0 Å². The maximum atomic E-state index is 5.60. The van der Waals surface area contributed by atoms with Crippen molar-refractivity contribution in [3.8, 4) is 11.5 Å². The molecule has 3 atom stereocenters. The Morgan fingerprint density at radius 1 is 1.00 bits per heavy atom. The van der Waals surface area contributed by atoms with E-state index in [0.29, 0.717) is 35.2 Å². The van der Waals surface area contributed by atoms with Crippen molar-refractivity contribution < 1.29 is 8.94 Å². The lowest BCUT2D eigenvalue weighted by Crippen LogP contribution is -2.08. The highest BCUT2D eigenvalue weighted by molar-refractivity contribution is 5.49. The summed E-state index contributed by atoms with van der Waals surface area (Å²) in [5.74, 6) is 4.15. The number of oxazole rings is 1. The molecule has 0 spiro atoms. The summed E-state index contributed by atoms with van der Waals surface area (Å²) in [5, 5.41) is 4.14. The van der Waals surface area contributed by atoms with Gasteiger partial charge in [-0.05, 0) is 42.2 Å². The third-order valence-corrected chi connectivity index (χ3v) is 5.97. The van der Waals surface area contributed by atoms with Gasteiger partial charge in [-0.3, -0.25) is 0 Å². The van der Waals surface area contributed by atoms with Crippen molar-refractivity contribution in [1.82, 2.24) is 15.1 Å². The Morgan fingerprint density at radius 3 is 2.79 bits per heavy atom. The Kier molecular flexibility index (Phi) is 2.46. The first-order valence-electron chi connectivity index (χ1n) is 8.75. The van der Waals surface area contributed by atoms with Crippen LogP contribution in [0.1, 0.15) is 59.9 Å². The van der Waals surface area contributed by atoms with Crippen LogP contribution in [-0.4, -0.2) is 15.1 Å². The van der Waals surface area contributed by atoms with Gasteiger partial charge in [0.05, 0.1) is 0 Å². The molecule has 2 aromatic heterocycles. The smallest absolute Gasteiger partial charge is 0.231 e. The average molecular weight is 319 g/mol. The summed E-state index contributed by atoms with van der Waals surface area (Å²) < 4.78 is 11.2. The summed E-state index contributed by atoms with van der Waals surface area (Å²) in [7, 11) is 0. The van der Waals surface area contributed by atoms with Crippen molar-refractivity contribution in [2.24, 2.45) is 5.92 Å². The van der Waals surface area contributed by atoms with Gasteiger partial charge in [0.25, 0.3) is 0 Å². The van der Waals surface area contributed by atoms with E-state index < -0.39 is 0 Å². The Labute approximate surface area is 139 Å². The SMILES string of the molecule is c1ccc2c(c1)CC1C(c3nc(-c4coc(C5CCC5)n4)no3)C21. The molecular formula is C19H17N3O2. The van der Waals surface area contributed by atoms with Crippen LogP contribution in [0.15, 0.2) is 39.5 Å².